The number of carbonyl (C=O) groups is 2. The normalized spacial score (nSPS) is 16.0. The quantitative estimate of drug-likeness (QED) is 0.410. The number of rotatable bonds is 6. The van der Waals surface area contributed by atoms with Gasteiger partial charge in [0.05, 0.1) is 21.5 Å². The topological polar surface area (TPSA) is 112 Å². The van der Waals surface area contributed by atoms with Crippen LogP contribution >= 0.6 is 23.2 Å². The van der Waals surface area contributed by atoms with Crippen LogP contribution in [0.2, 0.25) is 10.0 Å². The lowest BCUT2D eigenvalue weighted by molar-refractivity contribution is -0.147. The van der Waals surface area contributed by atoms with Gasteiger partial charge in [-0.1, -0.05) is 41.9 Å². The first-order chi connectivity index (χ1) is 13.7. The summed E-state index contributed by atoms with van der Waals surface area (Å²) in [5, 5.41) is 10.0. The van der Waals surface area contributed by atoms with Crippen LogP contribution < -0.4 is 5.73 Å². The Morgan fingerprint density at radius 3 is 2.59 bits per heavy atom. The Bertz CT molecular complexity index is 976. The lowest BCUT2D eigenvalue weighted by Crippen LogP contribution is -2.26. The van der Waals surface area contributed by atoms with E-state index in [0.29, 0.717) is 5.56 Å². The smallest absolute Gasteiger partial charge is 0.338 e. The van der Waals surface area contributed by atoms with Crippen molar-refractivity contribution in [3.63, 3.8) is 0 Å². The number of hydrogen-bond acceptors (Lipinski definition) is 7. The van der Waals surface area contributed by atoms with Crippen LogP contribution in [0, 0.1) is 11.3 Å². The van der Waals surface area contributed by atoms with Crippen LogP contribution in [0.15, 0.2) is 53.1 Å². The number of nitrogens with zero attached hydrogens (tertiary/aromatic N) is 1. The number of ether oxygens (including phenoxy) is 3. The molecule has 0 bridgehead atoms. The van der Waals surface area contributed by atoms with E-state index in [0.717, 1.165) is 0 Å². The predicted octanol–water partition coefficient (Wildman–Crippen LogP) is 3.74. The highest BCUT2D eigenvalue weighted by molar-refractivity contribution is 6.42. The highest BCUT2D eigenvalue weighted by Crippen LogP contribution is 2.43. The molecule has 0 spiro atoms. The summed E-state index contributed by atoms with van der Waals surface area (Å²) in [6.45, 7) is 6.12. The van der Waals surface area contributed by atoms with Gasteiger partial charge in [0, 0.05) is 5.57 Å². The predicted molar refractivity (Wildman–Crippen MR) is 107 cm³/mol. The zero-order valence-corrected chi connectivity index (χ0v) is 17.3. The van der Waals surface area contributed by atoms with E-state index < -0.39 is 17.9 Å². The van der Waals surface area contributed by atoms with Crippen molar-refractivity contribution >= 4 is 35.1 Å². The first kappa shape index (κ1) is 22.3. The van der Waals surface area contributed by atoms with E-state index in [9.17, 15) is 14.9 Å². The zero-order chi connectivity index (χ0) is 21.7. The molecule has 1 aliphatic rings. The molecular formula is C20H18Cl2N2O5. The van der Waals surface area contributed by atoms with E-state index in [1.165, 1.54) is 13.8 Å². The van der Waals surface area contributed by atoms with Crippen molar-refractivity contribution in [2.45, 2.75) is 19.8 Å². The van der Waals surface area contributed by atoms with Gasteiger partial charge in [-0.05, 0) is 25.5 Å². The standard InChI is InChI=1S/C20H18Cl2N2O5/c1-10(2)19(25)27-7-8-28-20(26)15-11(3)29-18(24)13(9-23)16(15)12-5-4-6-14(21)17(12)22/h4-6,16H,1,7-8,24H2,2-3H3/t16-/m1/s1. The van der Waals surface area contributed by atoms with E-state index in [1.807, 2.05) is 6.07 Å². The summed E-state index contributed by atoms with van der Waals surface area (Å²) < 4.78 is 15.5. The summed E-state index contributed by atoms with van der Waals surface area (Å²) >= 11 is 12.4. The van der Waals surface area contributed by atoms with Gasteiger partial charge in [0.15, 0.2) is 0 Å². The van der Waals surface area contributed by atoms with Crippen molar-refractivity contribution in [3.8, 4) is 6.07 Å². The molecule has 0 aromatic heterocycles. The molecule has 9 heteroatoms. The monoisotopic (exact) mass is 436 g/mol. The first-order valence-electron chi connectivity index (χ1n) is 8.41. The van der Waals surface area contributed by atoms with Gasteiger partial charge in [-0.2, -0.15) is 5.26 Å². The maximum Gasteiger partial charge on any atom is 0.338 e. The molecule has 0 fully saturated rings. The minimum atomic E-state index is -0.926. The van der Waals surface area contributed by atoms with E-state index >= 15 is 0 Å². The van der Waals surface area contributed by atoms with Crippen LogP contribution in [-0.2, 0) is 23.8 Å². The number of esters is 2. The molecule has 2 N–H and O–H groups in total. The van der Waals surface area contributed by atoms with Gasteiger partial charge in [0.25, 0.3) is 0 Å². The Labute approximate surface area is 177 Å². The highest BCUT2D eigenvalue weighted by Gasteiger charge is 2.37. The van der Waals surface area contributed by atoms with Crippen LogP contribution in [-0.4, -0.2) is 25.2 Å². The summed E-state index contributed by atoms with van der Waals surface area (Å²) in [6, 6.07) is 6.80. The summed E-state index contributed by atoms with van der Waals surface area (Å²) in [5.41, 5.74) is 6.53. The van der Waals surface area contributed by atoms with Gasteiger partial charge in [-0.3, -0.25) is 0 Å². The second kappa shape index (κ2) is 9.50. The lowest BCUT2D eigenvalue weighted by Gasteiger charge is -2.27. The Kier molecular flexibility index (Phi) is 7.32. The van der Waals surface area contributed by atoms with E-state index in [1.54, 1.807) is 18.2 Å². The molecule has 0 unspecified atom stereocenters. The van der Waals surface area contributed by atoms with E-state index in [-0.39, 0.29) is 51.6 Å². The fraction of sp³-hybridized carbons (Fsp3) is 0.250. The molecule has 0 radical (unpaired) electrons. The molecule has 152 valence electrons. The number of nitrogens with two attached hydrogens (primary N) is 1. The molecule has 1 aromatic carbocycles. The summed E-state index contributed by atoms with van der Waals surface area (Å²) in [7, 11) is 0. The number of hydrogen-bond donors (Lipinski definition) is 1. The van der Waals surface area contributed by atoms with Crippen molar-refractivity contribution in [2.24, 2.45) is 5.73 Å². The first-order valence-corrected chi connectivity index (χ1v) is 9.16. The van der Waals surface area contributed by atoms with Gasteiger partial charge in [-0.25, -0.2) is 9.59 Å². The molecule has 7 nitrogen and oxygen atoms in total. The molecule has 2 rings (SSSR count). The average Bonchev–Trinajstić information content (AvgIpc) is 2.66. The highest BCUT2D eigenvalue weighted by atomic mass is 35.5. The summed E-state index contributed by atoms with van der Waals surface area (Å²) in [6.07, 6.45) is 0. The second-order valence-corrected chi connectivity index (χ2v) is 6.88. The number of nitriles is 1. The van der Waals surface area contributed by atoms with Crippen LogP contribution in [0.5, 0.6) is 0 Å². The number of allylic oxidation sites excluding steroid dienone is 2. The third-order valence-corrected chi connectivity index (χ3v) is 4.85. The zero-order valence-electron chi connectivity index (χ0n) is 15.8. The number of benzene rings is 1. The second-order valence-electron chi connectivity index (χ2n) is 6.09. The minimum Gasteiger partial charge on any atom is -0.459 e. The van der Waals surface area contributed by atoms with Gasteiger partial charge >= 0.3 is 11.9 Å². The van der Waals surface area contributed by atoms with Gasteiger partial charge in [0.1, 0.15) is 30.6 Å². The van der Waals surface area contributed by atoms with Gasteiger partial charge in [0.2, 0.25) is 5.88 Å². The molecule has 1 aliphatic heterocycles. The molecule has 0 amide bonds. The van der Waals surface area contributed by atoms with Crippen LogP contribution in [0.1, 0.15) is 25.3 Å². The molecule has 0 aliphatic carbocycles. The lowest BCUT2D eigenvalue weighted by atomic mass is 9.83. The third-order valence-electron chi connectivity index (χ3n) is 4.02. The maximum absolute atomic E-state index is 12.8. The molecular weight excluding hydrogens is 419 g/mol. The van der Waals surface area contributed by atoms with Gasteiger partial charge < -0.3 is 19.9 Å². The minimum absolute atomic E-state index is 0.000395. The molecule has 0 saturated heterocycles. The molecule has 1 atom stereocenters. The van der Waals surface area contributed by atoms with Crippen molar-refractivity contribution in [3.05, 3.63) is 68.7 Å². The van der Waals surface area contributed by atoms with Crippen molar-refractivity contribution in [1.82, 2.24) is 0 Å². The molecule has 1 heterocycles. The Balaban J connectivity index is 2.32. The molecule has 1 aromatic rings. The molecule has 0 saturated carbocycles. The van der Waals surface area contributed by atoms with Crippen molar-refractivity contribution in [2.75, 3.05) is 13.2 Å². The Morgan fingerprint density at radius 2 is 1.97 bits per heavy atom. The van der Waals surface area contributed by atoms with Gasteiger partial charge in [-0.15, -0.1) is 0 Å². The van der Waals surface area contributed by atoms with Crippen LogP contribution in [0.3, 0.4) is 0 Å². The number of carbonyl (C=O) groups excluding carboxylic acids is 2. The van der Waals surface area contributed by atoms with Crippen molar-refractivity contribution < 1.29 is 23.8 Å². The Morgan fingerprint density at radius 1 is 1.31 bits per heavy atom. The SMILES string of the molecule is C=C(C)C(=O)OCCOC(=O)C1=C(C)OC(N)=C(C#N)[C@H]1c1cccc(Cl)c1Cl. The summed E-state index contributed by atoms with van der Waals surface area (Å²) in [4.78, 5) is 24.2. The van der Waals surface area contributed by atoms with E-state index in [2.05, 4.69) is 6.58 Å². The number of halogens is 2. The Hall–Kier alpha value is -2.95. The largest absolute Gasteiger partial charge is 0.459 e. The fourth-order valence-corrected chi connectivity index (χ4v) is 3.09. The fourth-order valence-electron chi connectivity index (χ4n) is 2.67. The average molecular weight is 437 g/mol. The van der Waals surface area contributed by atoms with Crippen LogP contribution in [0.25, 0.3) is 0 Å². The van der Waals surface area contributed by atoms with Crippen molar-refractivity contribution in [1.29, 1.82) is 5.26 Å². The summed E-state index contributed by atoms with van der Waals surface area (Å²) in [5.74, 6) is -2.27. The third kappa shape index (κ3) is 4.91. The maximum atomic E-state index is 12.8. The van der Waals surface area contributed by atoms with Crippen LogP contribution in [0.4, 0.5) is 0 Å². The van der Waals surface area contributed by atoms with E-state index in [4.69, 9.17) is 43.1 Å². The molecule has 29 heavy (non-hydrogen) atoms.